The lowest BCUT2D eigenvalue weighted by Crippen LogP contribution is -2.14. The van der Waals surface area contributed by atoms with Crippen LogP contribution in [-0.4, -0.2) is 11.8 Å². The van der Waals surface area contributed by atoms with Gasteiger partial charge in [0.05, 0.1) is 0 Å². The molecule has 0 aromatic heterocycles. The van der Waals surface area contributed by atoms with Crippen molar-refractivity contribution in [3.63, 3.8) is 0 Å². The molecule has 0 saturated carbocycles. The van der Waals surface area contributed by atoms with Gasteiger partial charge in [0.25, 0.3) is 11.8 Å². The first-order valence-electron chi connectivity index (χ1n) is 8.48. The van der Waals surface area contributed by atoms with E-state index < -0.39 is 0 Å². The van der Waals surface area contributed by atoms with Crippen LogP contribution in [0.3, 0.4) is 0 Å². The van der Waals surface area contributed by atoms with E-state index >= 15 is 0 Å². The van der Waals surface area contributed by atoms with Crippen molar-refractivity contribution in [2.24, 2.45) is 0 Å². The number of rotatable bonds is 4. The summed E-state index contributed by atoms with van der Waals surface area (Å²) < 4.78 is 0.876. The zero-order valence-electron chi connectivity index (χ0n) is 15.0. The van der Waals surface area contributed by atoms with Crippen LogP contribution in [-0.2, 0) is 0 Å². The second-order valence-electron chi connectivity index (χ2n) is 6.32. The predicted molar refractivity (Wildman–Crippen MR) is 112 cm³/mol. The molecule has 0 heterocycles. The molecule has 0 radical (unpaired) electrons. The number of aryl methyl sites for hydroxylation is 2. The van der Waals surface area contributed by atoms with E-state index in [0.717, 1.165) is 21.3 Å². The Bertz CT molecular complexity index is 1010. The van der Waals surface area contributed by atoms with Crippen molar-refractivity contribution in [2.45, 2.75) is 13.8 Å². The van der Waals surface area contributed by atoms with Gasteiger partial charge in [0.2, 0.25) is 0 Å². The molecular formula is C22H19BrN2O2. The van der Waals surface area contributed by atoms with Gasteiger partial charge in [0.1, 0.15) is 0 Å². The van der Waals surface area contributed by atoms with E-state index in [9.17, 15) is 9.59 Å². The highest BCUT2D eigenvalue weighted by atomic mass is 79.9. The lowest BCUT2D eigenvalue weighted by Gasteiger charge is -2.09. The highest BCUT2D eigenvalue weighted by Crippen LogP contribution is 2.19. The monoisotopic (exact) mass is 422 g/mol. The molecule has 0 fully saturated rings. The van der Waals surface area contributed by atoms with Gasteiger partial charge in [-0.1, -0.05) is 40.2 Å². The third-order valence-corrected chi connectivity index (χ3v) is 4.95. The Morgan fingerprint density at radius 2 is 1.33 bits per heavy atom. The van der Waals surface area contributed by atoms with Gasteiger partial charge in [-0.15, -0.1) is 0 Å². The van der Waals surface area contributed by atoms with Gasteiger partial charge in [-0.2, -0.15) is 0 Å². The average Bonchev–Trinajstić information content (AvgIpc) is 2.64. The number of anilines is 2. The molecule has 3 aromatic carbocycles. The molecule has 5 heteroatoms. The van der Waals surface area contributed by atoms with Crippen LogP contribution in [0.1, 0.15) is 31.8 Å². The van der Waals surface area contributed by atoms with Crippen LogP contribution < -0.4 is 10.6 Å². The van der Waals surface area contributed by atoms with Crippen molar-refractivity contribution in [1.29, 1.82) is 0 Å². The van der Waals surface area contributed by atoms with Gasteiger partial charge >= 0.3 is 0 Å². The Kier molecular flexibility index (Phi) is 5.72. The molecule has 3 aromatic rings. The molecule has 136 valence electrons. The van der Waals surface area contributed by atoms with Gasteiger partial charge in [-0.05, 0) is 67.4 Å². The third-order valence-electron chi connectivity index (χ3n) is 4.09. The maximum Gasteiger partial charge on any atom is 0.255 e. The van der Waals surface area contributed by atoms with Crippen molar-refractivity contribution in [3.8, 4) is 0 Å². The minimum Gasteiger partial charge on any atom is -0.322 e. The topological polar surface area (TPSA) is 58.2 Å². The summed E-state index contributed by atoms with van der Waals surface area (Å²) in [6, 6.07) is 19.9. The largest absolute Gasteiger partial charge is 0.322 e. The van der Waals surface area contributed by atoms with Gasteiger partial charge in [-0.3, -0.25) is 9.59 Å². The lowest BCUT2D eigenvalue weighted by atomic mass is 10.1. The molecule has 0 aliphatic carbocycles. The third kappa shape index (κ3) is 4.83. The zero-order valence-corrected chi connectivity index (χ0v) is 16.6. The number of amides is 2. The van der Waals surface area contributed by atoms with Crippen molar-refractivity contribution < 1.29 is 9.59 Å². The molecule has 0 aliphatic heterocycles. The van der Waals surface area contributed by atoms with Crippen LogP contribution in [0.2, 0.25) is 0 Å². The van der Waals surface area contributed by atoms with E-state index in [1.807, 2.05) is 44.2 Å². The van der Waals surface area contributed by atoms with E-state index in [0.29, 0.717) is 16.8 Å². The Morgan fingerprint density at radius 3 is 1.96 bits per heavy atom. The molecule has 0 saturated heterocycles. The summed E-state index contributed by atoms with van der Waals surface area (Å²) in [5.74, 6) is -0.457. The molecule has 0 bridgehead atoms. The van der Waals surface area contributed by atoms with Crippen molar-refractivity contribution in [2.75, 3.05) is 10.6 Å². The first-order chi connectivity index (χ1) is 12.9. The number of hydrogen-bond donors (Lipinski definition) is 2. The maximum atomic E-state index is 12.5. The van der Waals surface area contributed by atoms with Crippen molar-refractivity contribution in [1.82, 2.24) is 0 Å². The Balaban J connectivity index is 1.73. The van der Waals surface area contributed by atoms with Crippen LogP contribution >= 0.6 is 15.9 Å². The highest BCUT2D eigenvalue weighted by Gasteiger charge is 2.11. The number of nitrogens with one attached hydrogen (secondary N) is 2. The van der Waals surface area contributed by atoms with Crippen molar-refractivity contribution in [3.05, 3.63) is 93.5 Å². The molecule has 2 N–H and O–H groups in total. The summed E-state index contributed by atoms with van der Waals surface area (Å²) in [7, 11) is 0. The lowest BCUT2D eigenvalue weighted by molar-refractivity contribution is 0.101. The molecule has 27 heavy (non-hydrogen) atoms. The van der Waals surface area contributed by atoms with Gasteiger partial charge in [0, 0.05) is 27.0 Å². The minimum atomic E-state index is -0.230. The second kappa shape index (κ2) is 8.18. The Hall–Kier alpha value is -2.92. The van der Waals surface area contributed by atoms with E-state index in [1.165, 1.54) is 0 Å². The zero-order chi connectivity index (χ0) is 19.4. The number of hydrogen-bond acceptors (Lipinski definition) is 2. The summed E-state index contributed by atoms with van der Waals surface area (Å²) >= 11 is 3.43. The quantitative estimate of drug-likeness (QED) is 0.577. The number of carbonyl (C=O) groups is 2. The van der Waals surface area contributed by atoms with Crippen LogP contribution in [0.4, 0.5) is 11.4 Å². The summed E-state index contributed by atoms with van der Waals surface area (Å²) in [5.41, 5.74) is 4.44. The molecule has 0 aliphatic rings. The predicted octanol–water partition coefficient (Wildman–Crippen LogP) is 5.57. The van der Waals surface area contributed by atoms with Gasteiger partial charge in [-0.25, -0.2) is 0 Å². The first-order valence-corrected chi connectivity index (χ1v) is 9.27. The molecule has 0 atom stereocenters. The molecular weight excluding hydrogens is 404 g/mol. The fourth-order valence-corrected chi connectivity index (χ4v) is 2.98. The van der Waals surface area contributed by atoms with Crippen LogP contribution in [0, 0.1) is 13.8 Å². The number of benzene rings is 3. The smallest absolute Gasteiger partial charge is 0.255 e. The van der Waals surface area contributed by atoms with E-state index in [4.69, 9.17) is 0 Å². The summed E-state index contributed by atoms with van der Waals surface area (Å²) in [5, 5.41) is 5.70. The van der Waals surface area contributed by atoms with Crippen LogP contribution in [0.15, 0.2) is 71.2 Å². The number of carbonyl (C=O) groups excluding carboxylic acids is 2. The fraction of sp³-hybridized carbons (Fsp3) is 0.0909. The van der Waals surface area contributed by atoms with Gasteiger partial charge in [0.15, 0.2) is 0 Å². The summed E-state index contributed by atoms with van der Waals surface area (Å²) in [6.07, 6.45) is 0. The summed E-state index contributed by atoms with van der Waals surface area (Å²) in [6.45, 7) is 3.93. The average molecular weight is 423 g/mol. The molecule has 3 rings (SSSR count). The first kappa shape index (κ1) is 18.9. The maximum absolute atomic E-state index is 12.5. The van der Waals surface area contributed by atoms with Crippen molar-refractivity contribution >= 4 is 39.1 Å². The second-order valence-corrected chi connectivity index (χ2v) is 7.18. The molecule has 0 spiro atoms. The molecule has 0 unspecified atom stereocenters. The minimum absolute atomic E-state index is 0.227. The summed E-state index contributed by atoms with van der Waals surface area (Å²) in [4.78, 5) is 24.9. The Morgan fingerprint density at radius 1 is 0.741 bits per heavy atom. The standard InChI is InChI=1S/C22H19BrN2O2/c1-14-5-3-7-18(11-14)24-21(26)16-6-4-8-19(12-16)25-22(27)17-10-9-15(2)20(23)13-17/h3-13H,1-2H3,(H,24,26)(H,25,27). The highest BCUT2D eigenvalue weighted by molar-refractivity contribution is 9.10. The van der Waals surface area contributed by atoms with Crippen LogP contribution in [0.25, 0.3) is 0 Å². The normalized spacial score (nSPS) is 10.3. The Labute approximate surface area is 166 Å². The van der Waals surface area contributed by atoms with E-state index in [-0.39, 0.29) is 11.8 Å². The SMILES string of the molecule is Cc1cccc(NC(=O)c2cccc(NC(=O)c3ccc(C)c(Br)c3)c2)c1. The van der Waals surface area contributed by atoms with Crippen LogP contribution in [0.5, 0.6) is 0 Å². The van der Waals surface area contributed by atoms with E-state index in [1.54, 1.807) is 36.4 Å². The molecule has 2 amide bonds. The van der Waals surface area contributed by atoms with Gasteiger partial charge < -0.3 is 10.6 Å². The molecule has 4 nitrogen and oxygen atoms in total. The number of halogens is 1. The van der Waals surface area contributed by atoms with E-state index in [2.05, 4.69) is 26.6 Å². The fourth-order valence-electron chi connectivity index (χ4n) is 2.60.